The second-order valence-corrected chi connectivity index (χ2v) is 7.00. The number of hydrogen-bond donors (Lipinski definition) is 1. The van der Waals surface area contributed by atoms with Crippen LogP contribution in [-0.4, -0.2) is 37.1 Å². The van der Waals surface area contributed by atoms with Crippen molar-refractivity contribution in [1.82, 2.24) is 10.2 Å². The molecule has 1 saturated carbocycles. The average molecular weight is 286 g/mol. The molecule has 1 atom stereocenters. The van der Waals surface area contributed by atoms with Crippen LogP contribution < -0.4 is 5.32 Å². The maximum atomic E-state index is 3.69. The van der Waals surface area contributed by atoms with E-state index < -0.39 is 0 Å². The normalized spacial score (nSPS) is 28.2. The second kappa shape index (κ2) is 6.93. The molecule has 0 aliphatic heterocycles. The van der Waals surface area contributed by atoms with Crippen molar-refractivity contribution in [3.05, 3.63) is 35.4 Å². The van der Waals surface area contributed by atoms with E-state index in [2.05, 4.69) is 48.5 Å². The van der Waals surface area contributed by atoms with E-state index in [4.69, 9.17) is 0 Å². The number of benzene rings is 1. The molecule has 1 fully saturated rings. The third kappa shape index (κ3) is 3.49. The number of fused-ring (bicyclic) bond motifs is 1. The molecule has 21 heavy (non-hydrogen) atoms. The van der Waals surface area contributed by atoms with Crippen LogP contribution in [0.3, 0.4) is 0 Å². The van der Waals surface area contributed by atoms with E-state index in [1.807, 2.05) is 0 Å². The standard InChI is InChI=1S/C19H30N2/c1-3-12-20-17-8-10-18(11-9-17)21(2)14-16-13-15-6-4-5-7-19(15)16/h4-7,16-18,20H,3,8-14H2,1-2H3. The Hall–Kier alpha value is -0.860. The van der Waals surface area contributed by atoms with Crippen molar-refractivity contribution in [2.24, 2.45) is 0 Å². The Morgan fingerprint density at radius 1 is 1.14 bits per heavy atom. The van der Waals surface area contributed by atoms with Crippen molar-refractivity contribution in [2.75, 3.05) is 20.1 Å². The molecule has 1 aromatic carbocycles. The average Bonchev–Trinajstić information content (AvgIpc) is 2.51. The molecule has 2 heteroatoms. The summed E-state index contributed by atoms with van der Waals surface area (Å²) in [4.78, 5) is 2.64. The highest BCUT2D eigenvalue weighted by atomic mass is 15.1. The maximum absolute atomic E-state index is 3.69. The number of likely N-dealkylation sites (N-methyl/N-ethyl adjacent to an activating group) is 1. The molecule has 0 radical (unpaired) electrons. The summed E-state index contributed by atoms with van der Waals surface area (Å²) in [6.07, 6.45) is 7.99. The Balaban J connectivity index is 1.44. The van der Waals surface area contributed by atoms with Gasteiger partial charge in [-0.15, -0.1) is 0 Å². The van der Waals surface area contributed by atoms with E-state index in [0.29, 0.717) is 0 Å². The highest BCUT2D eigenvalue weighted by Crippen LogP contribution is 2.36. The summed E-state index contributed by atoms with van der Waals surface area (Å²) in [7, 11) is 2.34. The quantitative estimate of drug-likeness (QED) is 0.860. The van der Waals surface area contributed by atoms with E-state index >= 15 is 0 Å². The summed E-state index contributed by atoms with van der Waals surface area (Å²) in [5.41, 5.74) is 3.17. The monoisotopic (exact) mass is 286 g/mol. The Morgan fingerprint density at radius 3 is 2.62 bits per heavy atom. The van der Waals surface area contributed by atoms with Gasteiger partial charge in [-0.05, 0) is 63.2 Å². The van der Waals surface area contributed by atoms with Gasteiger partial charge in [-0.3, -0.25) is 0 Å². The van der Waals surface area contributed by atoms with Gasteiger partial charge in [0, 0.05) is 24.5 Å². The molecular formula is C19H30N2. The number of rotatable bonds is 6. The lowest BCUT2D eigenvalue weighted by Gasteiger charge is -2.39. The molecule has 2 nitrogen and oxygen atoms in total. The smallest absolute Gasteiger partial charge is 0.00936 e. The van der Waals surface area contributed by atoms with Crippen LogP contribution in [0.15, 0.2) is 24.3 Å². The van der Waals surface area contributed by atoms with Crippen molar-refractivity contribution in [3.63, 3.8) is 0 Å². The zero-order valence-corrected chi connectivity index (χ0v) is 13.6. The Kier molecular flexibility index (Phi) is 4.97. The van der Waals surface area contributed by atoms with Gasteiger partial charge in [-0.25, -0.2) is 0 Å². The fraction of sp³-hybridized carbons (Fsp3) is 0.684. The summed E-state index contributed by atoms with van der Waals surface area (Å²) in [6.45, 7) is 4.68. The van der Waals surface area contributed by atoms with Crippen molar-refractivity contribution < 1.29 is 0 Å². The van der Waals surface area contributed by atoms with Gasteiger partial charge in [0.2, 0.25) is 0 Å². The van der Waals surface area contributed by atoms with Crippen LogP contribution in [0.4, 0.5) is 0 Å². The fourth-order valence-electron chi connectivity index (χ4n) is 4.09. The zero-order valence-electron chi connectivity index (χ0n) is 13.6. The summed E-state index contributed by atoms with van der Waals surface area (Å²) < 4.78 is 0. The number of nitrogens with one attached hydrogen (secondary N) is 1. The highest BCUT2D eigenvalue weighted by molar-refractivity contribution is 5.40. The van der Waals surface area contributed by atoms with Crippen LogP contribution in [0.1, 0.15) is 56.1 Å². The number of nitrogens with zero attached hydrogens (tertiary/aromatic N) is 1. The van der Waals surface area contributed by atoms with Gasteiger partial charge in [-0.1, -0.05) is 31.2 Å². The van der Waals surface area contributed by atoms with E-state index in [-0.39, 0.29) is 0 Å². The Morgan fingerprint density at radius 2 is 1.90 bits per heavy atom. The predicted molar refractivity (Wildman–Crippen MR) is 89.9 cm³/mol. The molecule has 0 spiro atoms. The molecule has 3 rings (SSSR count). The van der Waals surface area contributed by atoms with Gasteiger partial charge in [0.05, 0.1) is 0 Å². The molecule has 1 aromatic rings. The third-order valence-corrected chi connectivity index (χ3v) is 5.47. The lowest BCUT2D eigenvalue weighted by molar-refractivity contribution is 0.162. The molecule has 1 unspecified atom stereocenters. The molecular weight excluding hydrogens is 256 g/mol. The van der Waals surface area contributed by atoms with Crippen molar-refractivity contribution in [1.29, 1.82) is 0 Å². The molecule has 0 bridgehead atoms. The van der Waals surface area contributed by atoms with Crippen LogP contribution in [0.25, 0.3) is 0 Å². The number of hydrogen-bond acceptors (Lipinski definition) is 2. The van der Waals surface area contributed by atoms with Gasteiger partial charge in [0.25, 0.3) is 0 Å². The van der Waals surface area contributed by atoms with Crippen molar-refractivity contribution in [3.8, 4) is 0 Å². The molecule has 1 N–H and O–H groups in total. The minimum atomic E-state index is 0.777. The summed E-state index contributed by atoms with van der Waals surface area (Å²) >= 11 is 0. The SMILES string of the molecule is CCCNC1CCC(N(C)CC2Cc3ccccc32)CC1. The summed E-state index contributed by atoms with van der Waals surface area (Å²) in [6, 6.07) is 10.6. The minimum absolute atomic E-state index is 0.777. The first-order valence-electron chi connectivity index (χ1n) is 8.79. The van der Waals surface area contributed by atoms with Gasteiger partial charge < -0.3 is 10.2 Å². The molecule has 2 aliphatic carbocycles. The highest BCUT2D eigenvalue weighted by Gasteiger charge is 2.30. The molecule has 0 amide bonds. The molecule has 2 aliphatic rings. The van der Waals surface area contributed by atoms with Crippen LogP contribution in [0.2, 0.25) is 0 Å². The van der Waals surface area contributed by atoms with E-state index in [1.165, 1.54) is 51.6 Å². The van der Waals surface area contributed by atoms with Crippen molar-refractivity contribution in [2.45, 2.75) is 63.5 Å². The van der Waals surface area contributed by atoms with Crippen LogP contribution >= 0.6 is 0 Å². The summed E-state index contributed by atoms with van der Waals surface area (Å²) in [5, 5.41) is 3.69. The first kappa shape index (κ1) is 15.1. The molecule has 116 valence electrons. The summed E-state index contributed by atoms with van der Waals surface area (Å²) in [5.74, 6) is 0.780. The Labute approximate surface area is 129 Å². The lowest BCUT2D eigenvalue weighted by atomic mass is 9.77. The third-order valence-electron chi connectivity index (χ3n) is 5.47. The molecule has 0 aromatic heterocycles. The molecule has 0 saturated heterocycles. The topological polar surface area (TPSA) is 15.3 Å². The largest absolute Gasteiger partial charge is 0.314 e. The first-order valence-corrected chi connectivity index (χ1v) is 8.79. The van der Waals surface area contributed by atoms with Gasteiger partial charge in [0.15, 0.2) is 0 Å². The second-order valence-electron chi connectivity index (χ2n) is 7.00. The van der Waals surface area contributed by atoms with Crippen molar-refractivity contribution >= 4 is 0 Å². The van der Waals surface area contributed by atoms with E-state index in [0.717, 1.165) is 18.0 Å². The lowest BCUT2D eigenvalue weighted by Crippen LogP contribution is -2.43. The Bertz CT molecular complexity index is 449. The molecule has 0 heterocycles. The minimum Gasteiger partial charge on any atom is -0.314 e. The van der Waals surface area contributed by atoms with Crippen LogP contribution in [0, 0.1) is 0 Å². The van der Waals surface area contributed by atoms with Crippen LogP contribution in [-0.2, 0) is 6.42 Å². The predicted octanol–water partition coefficient (Wildman–Crippen LogP) is 3.57. The van der Waals surface area contributed by atoms with E-state index in [1.54, 1.807) is 11.1 Å². The first-order chi connectivity index (χ1) is 10.3. The maximum Gasteiger partial charge on any atom is 0.00936 e. The van der Waals surface area contributed by atoms with E-state index in [9.17, 15) is 0 Å². The van der Waals surface area contributed by atoms with Crippen LogP contribution in [0.5, 0.6) is 0 Å². The van der Waals surface area contributed by atoms with Gasteiger partial charge in [-0.2, -0.15) is 0 Å². The van der Waals surface area contributed by atoms with Gasteiger partial charge in [0.1, 0.15) is 0 Å². The van der Waals surface area contributed by atoms with Gasteiger partial charge >= 0.3 is 0 Å². The zero-order chi connectivity index (χ0) is 14.7. The fourth-order valence-corrected chi connectivity index (χ4v) is 4.09.